The Balaban J connectivity index is 2.75. The van der Waals surface area contributed by atoms with E-state index in [1.165, 1.54) is 0 Å². The number of nitrogens with two attached hydrogens (primary N) is 1. The molecule has 1 aliphatic rings. The third kappa shape index (κ3) is 2.10. The number of hydrogen-bond acceptors (Lipinski definition) is 3. The molecular formula is C11H24N2O. The Morgan fingerprint density at radius 1 is 1.57 bits per heavy atom. The van der Waals surface area contributed by atoms with Crippen LogP contribution in [0, 0.1) is 11.8 Å². The van der Waals surface area contributed by atoms with Gasteiger partial charge in [0.05, 0.1) is 5.60 Å². The number of rotatable bonds is 4. The molecule has 3 atom stereocenters. The summed E-state index contributed by atoms with van der Waals surface area (Å²) >= 11 is 0. The molecule has 3 unspecified atom stereocenters. The largest absolute Gasteiger partial charge is 0.389 e. The van der Waals surface area contributed by atoms with Crippen LogP contribution < -0.4 is 11.1 Å². The third-order valence-corrected chi connectivity index (χ3v) is 3.78. The van der Waals surface area contributed by atoms with Crippen molar-refractivity contribution in [1.29, 1.82) is 0 Å². The summed E-state index contributed by atoms with van der Waals surface area (Å²) in [6.07, 6.45) is 2.85. The molecule has 0 aromatic carbocycles. The van der Waals surface area contributed by atoms with Crippen molar-refractivity contribution in [2.75, 3.05) is 19.6 Å². The number of nitrogens with one attached hydrogen (secondary N) is 1. The first-order valence-corrected chi connectivity index (χ1v) is 5.82. The lowest BCUT2D eigenvalue weighted by molar-refractivity contribution is -0.0877. The summed E-state index contributed by atoms with van der Waals surface area (Å²) in [7, 11) is 0. The van der Waals surface area contributed by atoms with Gasteiger partial charge in [-0.15, -0.1) is 0 Å². The first kappa shape index (κ1) is 12.0. The molecule has 0 bridgehead atoms. The lowest BCUT2D eigenvalue weighted by Gasteiger charge is -2.45. The molecule has 1 fully saturated rings. The zero-order chi connectivity index (χ0) is 10.6. The Labute approximate surface area is 87.1 Å². The molecule has 0 radical (unpaired) electrons. The molecule has 14 heavy (non-hydrogen) atoms. The molecule has 1 rings (SSSR count). The van der Waals surface area contributed by atoms with Crippen molar-refractivity contribution in [2.45, 2.75) is 38.7 Å². The van der Waals surface area contributed by atoms with E-state index in [2.05, 4.69) is 19.2 Å². The van der Waals surface area contributed by atoms with Crippen LogP contribution in [-0.4, -0.2) is 30.3 Å². The van der Waals surface area contributed by atoms with Gasteiger partial charge < -0.3 is 16.2 Å². The minimum absolute atomic E-state index is 0.259. The molecule has 0 spiro atoms. The molecule has 0 amide bonds. The topological polar surface area (TPSA) is 58.3 Å². The van der Waals surface area contributed by atoms with E-state index in [0.29, 0.717) is 12.5 Å². The van der Waals surface area contributed by atoms with Crippen molar-refractivity contribution in [2.24, 2.45) is 17.6 Å². The van der Waals surface area contributed by atoms with Crippen LogP contribution >= 0.6 is 0 Å². The van der Waals surface area contributed by atoms with E-state index in [9.17, 15) is 5.11 Å². The highest BCUT2D eigenvalue weighted by atomic mass is 16.3. The Morgan fingerprint density at radius 2 is 2.29 bits per heavy atom. The molecule has 4 N–H and O–H groups in total. The molecule has 0 aromatic rings. The highest BCUT2D eigenvalue weighted by molar-refractivity contribution is 4.96. The van der Waals surface area contributed by atoms with E-state index in [-0.39, 0.29) is 5.92 Å². The van der Waals surface area contributed by atoms with Crippen molar-refractivity contribution in [3.8, 4) is 0 Å². The van der Waals surface area contributed by atoms with Gasteiger partial charge in [-0.25, -0.2) is 0 Å². The maximum atomic E-state index is 10.7. The maximum Gasteiger partial charge on any atom is 0.0739 e. The van der Waals surface area contributed by atoms with Crippen molar-refractivity contribution in [3.63, 3.8) is 0 Å². The van der Waals surface area contributed by atoms with Gasteiger partial charge in [0.1, 0.15) is 0 Å². The third-order valence-electron chi connectivity index (χ3n) is 3.78. The lowest BCUT2D eigenvalue weighted by atomic mass is 9.70. The monoisotopic (exact) mass is 200 g/mol. The fraction of sp³-hybridized carbons (Fsp3) is 1.00. The molecule has 0 aliphatic carbocycles. The van der Waals surface area contributed by atoms with Gasteiger partial charge in [0.25, 0.3) is 0 Å². The summed E-state index contributed by atoms with van der Waals surface area (Å²) in [5.41, 5.74) is 5.21. The van der Waals surface area contributed by atoms with E-state index in [4.69, 9.17) is 5.73 Å². The molecule has 1 saturated heterocycles. The Kier molecular flexibility index (Phi) is 4.35. The quantitative estimate of drug-likeness (QED) is 0.627. The zero-order valence-electron chi connectivity index (χ0n) is 9.42. The summed E-state index contributed by atoms with van der Waals surface area (Å²) in [4.78, 5) is 0. The van der Waals surface area contributed by atoms with E-state index >= 15 is 0 Å². The highest BCUT2D eigenvalue weighted by Gasteiger charge is 2.42. The first-order chi connectivity index (χ1) is 6.69. The van der Waals surface area contributed by atoms with Gasteiger partial charge in [-0.2, -0.15) is 0 Å². The van der Waals surface area contributed by atoms with Crippen LogP contribution in [0.2, 0.25) is 0 Å². The summed E-state index contributed by atoms with van der Waals surface area (Å²) in [5, 5.41) is 14.0. The summed E-state index contributed by atoms with van der Waals surface area (Å²) in [6.45, 7) is 6.71. The minimum atomic E-state index is -0.524. The van der Waals surface area contributed by atoms with E-state index < -0.39 is 5.60 Å². The Bertz CT molecular complexity index is 161. The van der Waals surface area contributed by atoms with Crippen LogP contribution in [0.15, 0.2) is 0 Å². The molecule has 3 heteroatoms. The van der Waals surface area contributed by atoms with Gasteiger partial charge in [0.2, 0.25) is 0 Å². The van der Waals surface area contributed by atoms with E-state index in [1.807, 2.05) is 0 Å². The van der Waals surface area contributed by atoms with Crippen LogP contribution in [-0.2, 0) is 0 Å². The van der Waals surface area contributed by atoms with Gasteiger partial charge >= 0.3 is 0 Å². The molecule has 0 saturated carbocycles. The molecular weight excluding hydrogens is 176 g/mol. The molecule has 0 aromatic heterocycles. The zero-order valence-corrected chi connectivity index (χ0v) is 9.42. The predicted octanol–water partition coefficient (Wildman–Crippen LogP) is 0.722. The number of piperidine rings is 1. The summed E-state index contributed by atoms with van der Waals surface area (Å²) < 4.78 is 0. The second kappa shape index (κ2) is 5.10. The van der Waals surface area contributed by atoms with Crippen molar-refractivity contribution in [3.05, 3.63) is 0 Å². The van der Waals surface area contributed by atoms with Gasteiger partial charge in [-0.3, -0.25) is 0 Å². The standard InChI is InChI=1S/C11H24N2O/c1-3-9(7-12)11(14)5-6-13-8-10(11)4-2/h9-10,13-14H,3-8,12H2,1-2H3. The Hall–Kier alpha value is -0.120. The number of aliphatic hydroxyl groups is 1. The smallest absolute Gasteiger partial charge is 0.0739 e. The highest BCUT2D eigenvalue weighted by Crippen LogP contribution is 2.35. The average molecular weight is 200 g/mol. The molecule has 1 aliphatic heterocycles. The molecule has 3 nitrogen and oxygen atoms in total. The lowest BCUT2D eigenvalue weighted by Crippen LogP contribution is -2.56. The van der Waals surface area contributed by atoms with Gasteiger partial charge in [0, 0.05) is 12.5 Å². The summed E-state index contributed by atoms with van der Waals surface area (Å²) in [6, 6.07) is 0. The minimum Gasteiger partial charge on any atom is -0.389 e. The summed E-state index contributed by atoms with van der Waals surface area (Å²) in [5.74, 6) is 0.624. The van der Waals surface area contributed by atoms with Crippen LogP contribution in [0.5, 0.6) is 0 Å². The van der Waals surface area contributed by atoms with Crippen LogP contribution in [0.25, 0.3) is 0 Å². The van der Waals surface area contributed by atoms with Crippen molar-refractivity contribution < 1.29 is 5.11 Å². The SMILES string of the molecule is CCC(CN)C1(O)CCNCC1CC. The van der Waals surface area contributed by atoms with Crippen LogP contribution in [0.4, 0.5) is 0 Å². The fourth-order valence-corrected chi connectivity index (χ4v) is 2.71. The maximum absolute atomic E-state index is 10.7. The fourth-order valence-electron chi connectivity index (χ4n) is 2.71. The Morgan fingerprint density at radius 3 is 2.79 bits per heavy atom. The predicted molar refractivity (Wildman–Crippen MR) is 59.1 cm³/mol. The normalized spacial score (nSPS) is 35.6. The second-order valence-electron chi connectivity index (χ2n) is 4.39. The first-order valence-electron chi connectivity index (χ1n) is 5.82. The van der Waals surface area contributed by atoms with Gasteiger partial charge in [-0.1, -0.05) is 13.8 Å². The van der Waals surface area contributed by atoms with Crippen LogP contribution in [0.3, 0.4) is 0 Å². The van der Waals surface area contributed by atoms with Crippen molar-refractivity contribution >= 4 is 0 Å². The second-order valence-corrected chi connectivity index (χ2v) is 4.39. The van der Waals surface area contributed by atoms with Gasteiger partial charge in [-0.05, 0) is 38.3 Å². The average Bonchev–Trinajstić information content (AvgIpc) is 2.20. The van der Waals surface area contributed by atoms with Crippen LogP contribution in [0.1, 0.15) is 33.1 Å². The number of hydrogen-bond donors (Lipinski definition) is 3. The van der Waals surface area contributed by atoms with E-state index in [0.717, 1.165) is 32.4 Å². The van der Waals surface area contributed by atoms with E-state index in [1.54, 1.807) is 0 Å². The van der Waals surface area contributed by atoms with Crippen molar-refractivity contribution in [1.82, 2.24) is 5.32 Å². The molecule has 84 valence electrons. The van der Waals surface area contributed by atoms with Gasteiger partial charge in [0.15, 0.2) is 0 Å². The molecule has 1 heterocycles.